The predicted octanol–water partition coefficient (Wildman–Crippen LogP) is 4.97. The van der Waals surface area contributed by atoms with E-state index in [-0.39, 0.29) is 5.91 Å². The van der Waals surface area contributed by atoms with Gasteiger partial charge in [-0.15, -0.1) is 0 Å². The fourth-order valence-electron chi connectivity index (χ4n) is 2.84. The van der Waals surface area contributed by atoms with Crippen LogP contribution in [0.3, 0.4) is 0 Å². The van der Waals surface area contributed by atoms with Gasteiger partial charge in [-0.05, 0) is 62.7 Å². The van der Waals surface area contributed by atoms with Gasteiger partial charge in [0.1, 0.15) is 4.32 Å². The van der Waals surface area contributed by atoms with Gasteiger partial charge in [0.05, 0.1) is 4.91 Å². The van der Waals surface area contributed by atoms with Crippen LogP contribution in [0, 0.1) is 13.8 Å². The van der Waals surface area contributed by atoms with Gasteiger partial charge in [-0.2, -0.15) is 0 Å². The van der Waals surface area contributed by atoms with Crippen molar-refractivity contribution < 1.29 is 4.79 Å². The molecule has 0 atom stereocenters. The molecule has 1 amide bonds. The van der Waals surface area contributed by atoms with E-state index in [0.29, 0.717) is 20.8 Å². The van der Waals surface area contributed by atoms with Gasteiger partial charge in [-0.1, -0.05) is 35.6 Å². The number of hydrogen-bond acceptors (Lipinski definition) is 3. The first kappa shape index (κ1) is 17.3. The second-order valence-corrected chi connectivity index (χ2v) is 7.68. The Morgan fingerprint density at radius 2 is 1.92 bits per heavy atom. The number of likely N-dealkylation sites (N-methyl/N-ethyl adjacent to an activating group) is 1. The number of amides is 1. The number of nitrogens with zero attached hydrogens (tertiary/aromatic N) is 2. The average molecular weight is 377 g/mol. The molecule has 0 bridgehead atoms. The maximum atomic E-state index is 12.4. The van der Waals surface area contributed by atoms with Crippen molar-refractivity contribution in [3.05, 3.63) is 57.2 Å². The summed E-state index contributed by atoms with van der Waals surface area (Å²) < 4.78 is 2.78. The number of carbonyl (C=O) groups is 1. The number of hydrogen-bond donors (Lipinski definition) is 0. The van der Waals surface area contributed by atoms with Crippen molar-refractivity contribution in [2.24, 2.45) is 0 Å². The van der Waals surface area contributed by atoms with Crippen molar-refractivity contribution >= 4 is 51.9 Å². The van der Waals surface area contributed by atoms with Crippen LogP contribution in [0.15, 0.2) is 35.2 Å². The van der Waals surface area contributed by atoms with E-state index in [1.807, 2.05) is 44.2 Å². The van der Waals surface area contributed by atoms with Crippen molar-refractivity contribution in [1.29, 1.82) is 0 Å². The molecular formula is C18H17ClN2OS2. The second kappa shape index (κ2) is 6.75. The molecule has 6 heteroatoms. The Kier molecular flexibility index (Phi) is 4.85. The third-order valence-corrected chi connectivity index (χ3v) is 5.66. The first-order valence-electron chi connectivity index (χ1n) is 7.62. The number of aromatic nitrogens is 1. The maximum absolute atomic E-state index is 12.4. The van der Waals surface area contributed by atoms with Crippen molar-refractivity contribution in [1.82, 2.24) is 9.47 Å². The van der Waals surface area contributed by atoms with Crippen LogP contribution >= 0.6 is 35.6 Å². The SMILES string of the molecule is CCN1C(=O)/C(=C/c2cc(C)n(-c3ccc(Cl)cc3)c2C)SC1=S. The van der Waals surface area contributed by atoms with Gasteiger partial charge in [-0.3, -0.25) is 9.69 Å². The van der Waals surface area contributed by atoms with E-state index in [2.05, 4.69) is 17.6 Å². The van der Waals surface area contributed by atoms with Crippen LogP contribution in [0.5, 0.6) is 0 Å². The van der Waals surface area contributed by atoms with E-state index in [4.69, 9.17) is 23.8 Å². The smallest absolute Gasteiger partial charge is 0.266 e. The molecule has 2 aromatic rings. The number of aryl methyl sites for hydroxylation is 1. The van der Waals surface area contributed by atoms with Gasteiger partial charge in [0.15, 0.2) is 0 Å². The molecule has 0 spiro atoms. The van der Waals surface area contributed by atoms with E-state index < -0.39 is 0 Å². The summed E-state index contributed by atoms with van der Waals surface area (Å²) in [6.07, 6.45) is 1.93. The minimum atomic E-state index is -0.0104. The molecule has 0 unspecified atom stereocenters. The molecule has 3 nitrogen and oxygen atoms in total. The first-order valence-corrected chi connectivity index (χ1v) is 9.23. The van der Waals surface area contributed by atoms with Crippen molar-refractivity contribution in [3.63, 3.8) is 0 Å². The summed E-state index contributed by atoms with van der Waals surface area (Å²) in [4.78, 5) is 14.7. The molecule has 0 radical (unpaired) electrons. The highest BCUT2D eigenvalue weighted by atomic mass is 35.5. The van der Waals surface area contributed by atoms with Crippen LogP contribution in [-0.4, -0.2) is 26.2 Å². The van der Waals surface area contributed by atoms with Gasteiger partial charge in [0, 0.05) is 28.6 Å². The Morgan fingerprint density at radius 1 is 1.25 bits per heavy atom. The van der Waals surface area contributed by atoms with E-state index in [0.717, 1.165) is 22.6 Å². The Morgan fingerprint density at radius 3 is 2.50 bits per heavy atom. The number of carbonyl (C=O) groups excluding carboxylic acids is 1. The molecule has 1 aliphatic heterocycles. The maximum Gasteiger partial charge on any atom is 0.266 e. The third-order valence-electron chi connectivity index (χ3n) is 4.03. The van der Waals surface area contributed by atoms with E-state index in [1.165, 1.54) is 11.8 Å². The molecular weight excluding hydrogens is 360 g/mol. The van der Waals surface area contributed by atoms with Crippen LogP contribution < -0.4 is 0 Å². The molecule has 124 valence electrons. The summed E-state index contributed by atoms with van der Waals surface area (Å²) in [7, 11) is 0. The highest BCUT2D eigenvalue weighted by Crippen LogP contribution is 2.33. The van der Waals surface area contributed by atoms with Crippen LogP contribution in [0.25, 0.3) is 11.8 Å². The lowest BCUT2D eigenvalue weighted by Gasteiger charge is -2.10. The molecule has 1 aliphatic rings. The van der Waals surface area contributed by atoms with E-state index >= 15 is 0 Å². The first-order chi connectivity index (χ1) is 11.4. The van der Waals surface area contributed by atoms with Gasteiger partial charge >= 0.3 is 0 Å². The Hall–Kier alpha value is -1.56. The highest BCUT2D eigenvalue weighted by Gasteiger charge is 2.30. The minimum absolute atomic E-state index is 0.0104. The zero-order valence-corrected chi connectivity index (χ0v) is 16.1. The standard InChI is InChI=1S/C18H17ClN2OS2/c1-4-20-17(22)16(24-18(20)23)10-13-9-11(2)21(12(13)3)15-7-5-14(19)6-8-15/h5-10H,4H2,1-3H3/b16-10-. The molecule has 1 aromatic heterocycles. The van der Waals surface area contributed by atoms with Crippen molar-refractivity contribution in [2.45, 2.75) is 20.8 Å². The van der Waals surface area contributed by atoms with Gasteiger partial charge < -0.3 is 4.57 Å². The summed E-state index contributed by atoms with van der Waals surface area (Å²) in [6, 6.07) is 9.82. The van der Waals surface area contributed by atoms with Crippen LogP contribution in [-0.2, 0) is 4.79 Å². The molecule has 1 fully saturated rings. The summed E-state index contributed by atoms with van der Waals surface area (Å²) in [5.74, 6) is -0.0104. The molecule has 24 heavy (non-hydrogen) atoms. The predicted molar refractivity (Wildman–Crippen MR) is 106 cm³/mol. The minimum Gasteiger partial charge on any atom is -0.318 e. The highest BCUT2D eigenvalue weighted by molar-refractivity contribution is 8.26. The quantitative estimate of drug-likeness (QED) is 0.558. The molecule has 0 N–H and O–H groups in total. The third kappa shape index (κ3) is 3.04. The van der Waals surface area contributed by atoms with Crippen LogP contribution in [0.1, 0.15) is 23.9 Å². The lowest BCUT2D eigenvalue weighted by atomic mass is 10.2. The van der Waals surface area contributed by atoms with Crippen molar-refractivity contribution in [2.75, 3.05) is 6.54 Å². The van der Waals surface area contributed by atoms with Gasteiger partial charge in [0.2, 0.25) is 0 Å². The van der Waals surface area contributed by atoms with E-state index in [1.54, 1.807) is 4.90 Å². The Balaban J connectivity index is 2.01. The van der Waals surface area contributed by atoms with Crippen molar-refractivity contribution in [3.8, 4) is 5.69 Å². The lowest BCUT2D eigenvalue weighted by Crippen LogP contribution is -2.27. The largest absolute Gasteiger partial charge is 0.318 e. The van der Waals surface area contributed by atoms with E-state index in [9.17, 15) is 4.79 Å². The lowest BCUT2D eigenvalue weighted by molar-refractivity contribution is -0.121. The van der Waals surface area contributed by atoms with Gasteiger partial charge in [0.25, 0.3) is 5.91 Å². The Bertz CT molecular complexity index is 853. The van der Waals surface area contributed by atoms with Crippen LogP contribution in [0.2, 0.25) is 5.02 Å². The zero-order chi connectivity index (χ0) is 17.4. The number of benzene rings is 1. The molecule has 1 aromatic carbocycles. The normalized spacial score (nSPS) is 16.5. The molecule has 0 saturated carbocycles. The summed E-state index contributed by atoms with van der Waals surface area (Å²) >= 11 is 12.6. The number of thiocarbonyl (C=S) groups is 1. The fourth-order valence-corrected chi connectivity index (χ4v) is 4.34. The summed E-state index contributed by atoms with van der Waals surface area (Å²) in [6.45, 7) is 6.64. The molecule has 2 heterocycles. The Labute approximate surface area is 156 Å². The summed E-state index contributed by atoms with van der Waals surface area (Å²) in [5.41, 5.74) is 4.26. The zero-order valence-electron chi connectivity index (χ0n) is 13.7. The number of rotatable bonds is 3. The summed E-state index contributed by atoms with van der Waals surface area (Å²) in [5, 5.41) is 0.713. The van der Waals surface area contributed by atoms with Gasteiger partial charge in [-0.25, -0.2) is 0 Å². The fraction of sp³-hybridized carbons (Fsp3) is 0.222. The molecule has 0 aliphatic carbocycles. The average Bonchev–Trinajstić information content (AvgIpc) is 2.97. The number of thioether (sulfide) groups is 1. The number of halogens is 1. The monoisotopic (exact) mass is 376 g/mol. The molecule has 1 saturated heterocycles. The molecule has 3 rings (SSSR count). The second-order valence-electron chi connectivity index (χ2n) is 5.56. The van der Waals surface area contributed by atoms with Crippen LogP contribution in [0.4, 0.5) is 0 Å². The topological polar surface area (TPSA) is 25.2 Å².